The number of hydrogen-bond donors (Lipinski definition) is 2. The fraction of sp³-hybridized carbons (Fsp3) is 0.824. The molecule has 1 rings (SSSR count). The van der Waals surface area contributed by atoms with Crippen molar-refractivity contribution in [1.82, 2.24) is 5.32 Å². The zero-order valence-corrected chi connectivity index (χ0v) is 13.5. The summed E-state index contributed by atoms with van der Waals surface area (Å²) in [5.74, 6) is 0.615. The van der Waals surface area contributed by atoms with E-state index in [-0.39, 0.29) is 0 Å². The van der Waals surface area contributed by atoms with Gasteiger partial charge in [0, 0.05) is 12.6 Å². The van der Waals surface area contributed by atoms with Crippen LogP contribution in [0, 0.1) is 0 Å². The average Bonchev–Trinajstić information content (AvgIpc) is 2.45. The Kier molecular flexibility index (Phi) is 9.18. The maximum atomic E-state index is 5.94. The van der Waals surface area contributed by atoms with Gasteiger partial charge in [0.2, 0.25) is 0 Å². The van der Waals surface area contributed by atoms with Gasteiger partial charge >= 0.3 is 0 Å². The third-order valence-corrected chi connectivity index (χ3v) is 3.99. The maximum Gasteiger partial charge on any atom is 0.188 e. The van der Waals surface area contributed by atoms with E-state index in [1.165, 1.54) is 57.8 Å². The van der Waals surface area contributed by atoms with Crippen LogP contribution >= 0.6 is 0 Å². The van der Waals surface area contributed by atoms with E-state index in [2.05, 4.69) is 30.2 Å². The highest BCUT2D eigenvalue weighted by atomic mass is 15.1. The van der Waals surface area contributed by atoms with E-state index in [1.807, 2.05) is 0 Å². The standard InChI is InChI=1S/C17H33N3/c1-3-4-5-7-10-15(2)20-17(18)19-14-13-16-11-8-6-9-12-16/h11,15H,3-10,12-14H2,1-2H3,(H3,18,19,20). The number of rotatable bonds is 9. The Morgan fingerprint density at radius 1 is 1.35 bits per heavy atom. The van der Waals surface area contributed by atoms with Crippen molar-refractivity contribution in [2.24, 2.45) is 10.7 Å². The van der Waals surface area contributed by atoms with Gasteiger partial charge in [0.05, 0.1) is 0 Å². The van der Waals surface area contributed by atoms with Gasteiger partial charge < -0.3 is 11.1 Å². The van der Waals surface area contributed by atoms with Gasteiger partial charge in [-0.1, -0.05) is 44.3 Å². The van der Waals surface area contributed by atoms with E-state index in [0.717, 1.165) is 13.0 Å². The minimum atomic E-state index is 0.435. The van der Waals surface area contributed by atoms with Gasteiger partial charge in [0.25, 0.3) is 0 Å². The Morgan fingerprint density at radius 3 is 2.90 bits per heavy atom. The summed E-state index contributed by atoms with van der Waals surface area (Å²) in [5.41, 5.74) is 7.51. The van der Waals surface area contributed by atoms with E-state index < -0.39 is 0 Å². The van der Waals surface area contributed by atoms with E-state index in [0.29, 0.717) is 12.0 Å². The molecule has 0 amide bonds. The number of aliphatic imine (C=N–C) groups is 1. The van der Waals surface area contributed by atoms with E-state index in [1.54, 1.807) is 5.57 Å². The number of guanidine groups is 1. The first kappa shape index (κ1) is 17.1. The smallest absolute Gasteiger partial charge is 0.188 e. The van der Waals surface area contributed by atoms with Gasteiger partial charge in [0.1, 0.15) is 0 Å². The van der Waals surface area contributed by atoms with Crippen LogP contribution in [0.3, 0.4) is 0 Å². The molecule has 0 aromatic carbocycles. The molecule has 116 valence electrons. The lowest BCUT2D eigenvalue weighted by Crippen LogP contribution is -2.38. The molecular formula is C17H33N3. The molecule has 1 aliphatic rings. The third-order valence-electron chi connectivity index (χ3n) is 3.99. The summed E-state index contributed by atoms with van der Waals surface area (Å²) in [4.78, 5) is 4.45. The van der Waals surface area contributed by atoms with Crippen molar-refractivity contribution < 1.29 is 0 Å². The zero-order chi connectivity index (χ0) is 14.6. The lowest BCUT2D eigenvalue weighted by molar-refractivity contribution is 0.541. The number of allylic oxidation sites excluding steroid dienone is 1. The van der Waals surface area contributed by atoms with Crippen LogP contribution in [0.4, 0.5) is 0 Å². The summed E-state index contributed by atoms with van der Waals surface area (Å²) in [6.45, 7) is 5.26. The second kappa shape index (κ2) is 10.8. The van der Waals surface area contributed by atoms with E-state index in [4.69, 9.17) is 5.73 Å². The molecule has 20 heavy (non-hydrogen) atoms. The summed E-state index contributed by atoms with van der Waals surface area (Å²) in [6.07, 6.45) is 15.1. The Balaban J connectivity index is 2.12. The molecule has 0 saturated carbocycles. The summed E-state index contributed by atoms with van der Waals surface area (Å²) in [5, 5.41) is 3.30. The molecule has 0 spiro atoms. The summed E-state index contributed by atoms with van der Waals surface area (Å²) >= 11 is 0. The molecule has 0 aromatic rings. The molecule has 0 saturated heterocycles. The van der Waals surface area contributed by atoms with Crippen LogP contribution in [0.25, 0.3) is 0 Å². The highest BCUT2D eigenvalue weighted by Gasteiger charge is 2.04. The highest BCUT2D eigenvalue weighted by Crippen LogP contribution is 2.19. The van der Waals surface area contributed by atoms with Crippen LogP contribution < -0.4 is 11.1 Å². The lowest BCUT2D eigenvalue weighted by Gasteiger charge is -2.15. The quantitative estimate of drug-likeness (QED) is 0.288. The molecular weight excluding hydrogens is 246 g/mol. The van der Waals surface area contributed by atoms with Crippen LogP contribution in [0.1, 0.15) is 78.1 Å². The summed E-state index contributed by atoms with van der Waals surface area (Å²) in [6, 6.07) is 0.435. The van der Waals surface area contributed by atoms with Crippen molar-refractivity contribution in [2.45, 2.75) is 84.1 Å². The van der Waals surface area contributed by atoms with Crippen molar-refractivity contribution in [3.63, 3.8) is 0 Å². The molecule has 0 bridgehead atoms. The molecule has 3 heteroatoms. The molecule has 0 aromatic heterocycles. The maximum absolute atomic E-state index is 5.94. The Bertz CT molecular complexity index is 307. The summed E-state index contributed by atoms with van der Waals surface area (Å²) in [7, 11) is 0. The number of nitrogens with one attached hydrogen (secondary N) is 1. The number of nitrogens with two attached hydrogens (primary N) is 1. The topological polar surface area (TPSA) is 50.4 Å². The molecule has 0 aliphatic heterocycles. The molecule has 1 unspecified atom stereocenters. The molecule has 0 fully saturated rings. The first-order valence-electron chi connectivity index (χ1n) is 8.46. The van der Waals surface area contributed by atoms with Gasteiger partial charge in [-0.15, -0.1) is 0 Å². The Morgan fingerprint density at radius 2 is 2.20 bits per heavy atom. The van der Waals surface area contributed by atoms with Gasteiger partial charge in [-0.25, -0.2) is 0 Å². The SMILES string of the molecule is CCCCCCC(C)NC(N)=NCCC1=CCCCC1. The fourth-order valence-corrected chi connectivity index (χ4v) is 2.70. The molecule has 0 radical (unpaired) electrons. The van der Waals surface area contributed by atoms with E-state index >= 15 is 0 Å². The summed E-state index contributed by atoms with van der Waals surface area (Å²) < 4.78 is 0. The number of hydrogen-bond acceptors (Lipinski definition) is 1. The van der Waals surface area contributed by atoms with Gasteiger partial charge in [0.15, 0.2) is 5.96 Å². The lowest BCUT2D eigenvalue weighted by atomic mass is 9.97. The molecule has 1 atom stereocenters. The molecule has 1 aliphatic carbocycles. The first-order chi connectivity index (χ1) is 9.72. The third kappa shape index (κ3) is 8.23. The van der Waals surface area contributed by atoms with Crippen molar-refractivity contribution in [3.8, 4) is 0 Å². The van der Waals surface area contributed by atoms with Crippen LogP contribution in [0.15, 0.2) is 16.6 Å². The molecule has 0 heterocycles. The van der Waals surface area contributed by atoms with Crippen molar-refractivity contribution >= 4 is 5.96 Å². The molecule has 3 N–H and O–H groups in total. The Labute approximate surface area is 125 Å². The average molecular weight is 279 g/mol. The second-order valence-corrected chi connectivity index (χ2v) is 6.02. The van der Waals surface area contributed by atoms with E-state index in [9.17, 15) is 0 Å². The van der Waals surface area contributed by atoms with Crippen LogP contribution in [-0.2, 0) is 0 Å². The second-order valence-electron chi connectivity index (χ2n) is 6.02. The minimum Gasteiger partial charge on any atom is -0.370 e. The number of unbranched alkanes of at least 4 members (excludes halogenated alkanes) is 3. The number of nitrogens with zero attached hydrogens (tertiary/aromatic N) is 1. The fourth-order valence-electron chi connectivity index (χ4n) is 2.70. The van der Waals surface area contributed by atoms with Gasteiger partial charge in [-0.2, -0.15) is 0 Å². The van der Waals surface area contributed by atoms with Crippen LogP contribution in [0.2, 0.25) is 0 Å². The van der Waals surface area contributed by atoms with Crippen molar-refractivity contribution in [3.05, 3.63) is 11.6 Å². The predicted molar refractivity (Wildman–Crippen MR) is 89.0 cm³/mol. The van der Waals surface area contributed by atoms with Crippen LogP contribution in [0.5, 0.6) is 0 Å². The highest BCUT2D eigenvalue weighted by molar-refractivity contribution is 5.78. The zero-order valence-electron chi connectivity index (χ0n) is 13.5. The predicted octanol–water partition coefficient (Wildman–Crippen LogP) is 4.14. The largest absolute Gasteiger partial charge is 0.370 e. The first-order valence-corrected chi connectivity index (χ1v) is 8.46. The molecule has 3 nitrogen and oxygen atoms in total. The van der Waals surface area contributed by atoms with Gasteiger partial charge in [-0.05, 0) is 45.4 Å². The Hall–Kier alpha value is -0.990. The normalized spacial score (nSPS) is 17.7. The van der Waals surface area contributed by atoms with Crippen molar-refractivity contribution in [2.75, 3.05) is 6.54 Å². The van der Waals surface area contributed by atoms with Crippen LogP contribution in [-0.4, -0.2) is 18.5 Å². The monoisotopic (exact) mass is 279 g/mol. The minimum absolute atomic E-state index is 0.435. The van der Waals surface area contributed by atoms with Gasteiger partial charge in [-0.3, -0.25) is 4.99 Å². The van der Waals surface area contributed by atoms with Crippen molar-refractivity contribution in [1.29, 1.82) is 0 Å².